The zero-order valence-electron chi connectivity index (χ0n) is 17.3. The predicted octanol–water partition coefficient (Wildman–Crippen LogP) is 3.94. The lowest BCUT2D eigenvalue weighted by atomic mass is 10.2. The summed E-state index contributed by atoms with van der Waals surface area (Å²) >= 11 is 0. The van der Waals surface area contributed by atoms with E-state index in [1.165, 1.54) is 0 Å². The lowest BCUT2D eigenvalue weighted by molar-refractivity contribution is 0.0760. The van der Waals surface area contributed by atoms with Crippen LogP contribution in [0.3, 0.4) is 0 Å². The topological polar surface area (TPSA) is 53.7 Å². The van der Waals surface area contributed by atoms with Gasteiger partial charge in [-0.15, -0.1) is 0 Å². The lowest BCUT2D eigenvalue weighted by Crippen LogP contribution is -2.32. The largest absolute Gasteiger partial charge is 0.338 e. The van der Waals surface area contributed by atoms with E-state index in [0.29, 0.717) is 12.2 Å². The molecular weight excluding hydrogens is 362 g/mol. The van der Waals surface area contributed by atoms with Crippen LogP contribution in [0.15, 0.2) is 48.8 Å². The second-order valence-electron chi connectivity index (χ2n) is 7.61. The van der Waals surface area contributed by atoms with Gasteiger partial charge in [0.2, 0.25) is 0 Å². The van der Waals surface area contributed by atoms with E-state index in [0.717, 1.165) is 55.9 Å². The number of pyridine rings is 2. The highest BCUT2D eigenvalue weighted by molar-refractivity contribution is 5.99. The number of carbonyl (C=O) groups excluding carboxylic acids is 1. The fourth-order valence-electron chi connectivity index (χ4n) is 4.28. The standard InChI is InChI=1S/C23H29N5O/c1-3-14-26(4-2)23(29)21-19-11-6-8-16-28(19)22(25-21)20-12-9-15-27(20)17-18-10-5-7-13-24-18/h5-8,10-11,13,16,20H,3-4,9,12,14-15,17H2,1-2H3. The molecule has 1 fully saturated rings. The summed E-state index contributed by atoms with van der Waals surface area (Å²) in [5, 5.41) is 0. The Labute approximate surface area is 172 Å². The van der Waals surface area contributed by atoms with E-state index in [4.69, 9.17) is 4.98 Å². The van der Waals surface area contributed by atoms with Crippen molar-refractivity contribution in [2.24, 2.45) is 0 Å². The Bertz CT molecular complexity index is 968. The van der Waals surface area contributed by atoms with Crippen LogP contribution in [0.2, 0.25) is 0 Å². The van der Waals surface area contributed by atoms with Crippen molar-refractivity contribution < 1.29 is 4.79 Å². The number of amides is 1. The summed E-state index contributed by atoms with van der Waals surface area (Å²) in [5.74, 6) is 0.989. The Morgan fingerprint density at radius 1 is 1.21 bits per heavy atom. The summed E-state index contributed by atoms with van der Waals surface area (Å²) in [6.45, 7) is 7.39. The predicted molar refractivity (Wildman–Crippen MR) is 114 cm³/mol. The number of rotatable bonds is 7. The zero-order valence-corrected chi connectivity index (χ0v) is 17.3. The van der Waals surface area contributed by atoms with Crippen molar-refractivity contribution in [3.63, 3.8) is 0 Å². The number of fused-ring (bicyclic) bond motifs is 1. The third-order valence-electron chi connectivity index (χ3n) is 5.69. The van der Waals surface area contributed by atoms with Crippen LogP contribution in [-0.2, 0) is 6.54 Å². The van der Waals surface area contributed by atoms with Gasteiger partial charge in [0, 0.05) is 32.0 Å². The Morgan fingerprint density at radius 2 is 2.07 bits per heavy atom. The smallest absolute Gasteiger partial charge is 0.274 e. The molecular formula is C23H29N5O. The monoisotopic (exact) mass is 391 g/mol. The van der Waals surface area contributed by atoms with Gasteiger partial charge >= 0.3 is 0 Å². The van der Waals surface area contributed by atoms with Crippen LogP contribution >= 0.6 is 0 Å². The summed E-state index contributed by atoms with van der Waals surface area (Å²) in [4.78, 5) is 26.9. The van der Waals surface area contributed by atoms with E-state index in [2.05, 4.69) is 27.3 Å². The van der Waals surface area contributed by atoms with Crippen LogP contribution in [0, 0.1) is 0 Å². The normalized spacial score (nSPS) is 17.1. The summed E-state index contributed by atoms with van der Waals surface area (Å²) in [5.41, 5.74) is 2.53. The van der Waals surface area contributed by atoms with Crippen molar-refractivity contribution in [2.75, 3.05) is 19.6 Å². The second kappa shape index (κ2) is 8.74. The molecule has 0 saturated carbocycles. The molecule has 4 rings (SSSR count). The molecule has 0 aromatic carbocycles. The van der Waals surface area contributed by atoms with Crippen LogP contribution in [0.25, 0.3) is 5.52 Å². The number of carbonyl (C=O) groups is 1. The Morgan fingerprint density at radius 3 is 2.83 bits per heavy atom. The number of likely N-dealkylation sites (tertiary alicyclic amines) is 1. The van der Waals surface area contributed by atoms with E-state index in [-0.39, 0.29) is 11.9 Å². The quantitative estimate of drug-likeness (QED) is 0.612. The third kappa shape index (κ3) is 3.90. The fraction of sp³-hybridized carbons (Fsp3) is 0.435. The molecule has 1 saturated heterocycles. The van der Waals surface area contributed by atoms with Gasteiger partial charge in [-0.2, -0.15) is 0 Å². The number of hydrogen-bond donors (Lipinski definition) is 0. The Hall–Kier alpha value is -2.73. The SMILES string of the molecule is CCCN(CC)C(=O)c1nc(C2CCCN2Cc2ccccn2)n2ccccc12. The molecule has 0 bridgehead atoms. The molecule has 3 aromatic heterocycles. The van der Waals surface area contributed by atoms with Crippen molar-refractivity contribution >= 4 is 11.4 Å². The molecule has 0 radical (unpaired) electrons. The van der Waals surface area contributed by atoms with Crippen LogP contribution in [0.5, 0.6) is 0 Å². The first-order valence-corrected chi connectivity index (χ1v) is 10.6. The molecule has 0 N–H and O–H groups in total. The van der Waals surface area contributed by atoms with E-state index in [1.54, 1.807) is 0 Å². The van der Waals surface area contributed by atoms with Gasteiger partial charge in [0.25, 0.3) is 5.91 Å². The van der Waals surface area contributed by atoms with E-state index in [1.807, 2.05) is 54.5 Å². The van der Waals surface area contributed by atoms with Gasteiger partial charge in [0.15, 0.2) is 5.69 Å². The molecule has 6 heteroatoms. The summed E-state index contributed by atoms with van der Waals surface area (Å²) in [7, 11) is 0. The van der Waals surface area contributed by atoms with Crippen LogP contribution < -0.4 is 0 Å². The van der Waals surface area contributed by atoms with Gasteiger partial charge < -0.3 is 9.30 Å². The second-order valence-corrected chi connectivity index (χ2v) is 7.61. The van der Waals surface area contributed by atoms with Gasteiger partial charge in [-0.1, -0.05) is 19.1 Å². The lowest BCUT2D eigenvalue weighted by Gasteiger charge is -2.23. The molecule has 0 aliphatic carbocycles. The zero-order chi connectivity index (χ0) is 20.2. The minimum absolute atomic E-state index is 0.0265. The van der Waals surface area contributed by atoms with Crippen molar-refractivity contribution in [1.29, 1.82) is 0 Å². The number of nitrogens with zero attached hydrogens (tertiary/aromatic N) is 5. The van der Waals surface area contributed by atoms with Crippen molar-refractivity contribution in [3.05, 3.63) is 66.0 Å². The van der Waals surface area contributed by atoms with Crippen LogP contribution in [0.1, 0.15) is 61.2 Å². The van der Waals surface area contributed by atoms with Crippen molar-refractivity contribution in [2.45, 2.75) is 45.7 Å². The highest BCUT2D eigenvalue weighted by Crippen LogP contribution is 2.33. The molecule has 1 atom stereocenters. The molecule has 1 aliphatic rings. The van der Waals surface area contributed by atoms with Gasteiger partial charge in [-0.05, 0) is 57.0 Å². The highest BCUT2D eigenvalue weighted by atomic mass is 16.2. The van der Waals surface area contributed by atoms with E-state index < -0.39 is 0 Å². The van der Waals surface area contributed by atoms with Gasteiger partial charge in [-0.3, -0.25) is 14.7 Å². The molecule has 1 amide bonds. The average molecular weight is 392 g/mol. The van der Waals surface area contributed by atoms with E-state index in [9.17, 15) is 4.79 Å². The molecule has 152 valence electrons. The third-order valence-corrected chi connectivity index (χ3v) is 5.69. The highest BCUT2D eigenvalue weighted by Gasteiger charge is 2.32. The molecule has 1 aliphatic heterocycles. The Kier molecular flexibility index (Phi) is 5.90. The molecule has 0 spiro atoms. The Balaban J connectivity index is 1.69. The van der Waals surface area contributed by atoms with Gasteiger partial charge in [0.1, 0.15) is 5.82 Å². The van der Waals surface area contributed by atoms with Gasteiger partial charge in [-0.25, -0.2) is 4.98 Å². The molecule has 29 heavy (non-hydrogen) atoms. The van der Waals surface area contributed by atoms with Crippen LogP contribution in [0.4, 0.5) is 0 Å². The first-order chi connectivity index (χ1) is 14.2. The average Bonchev–Trinajstić information content (AvgIpc) is 3.36. The summed E-state index contributed by atoms with van der Waals surface area (Å²) < 4.78 is 2.11. The number of hydrogen-bond acceptors (Lipinski definition) is 4. The summed E-state index contributed by atoms with van der Waals surface area (Å²) in [6.07, 6.45) is 6.98. The summed E-state index contributed by atoms with van der Waals surface area (Å²) in [6, 6.07) is 12.2. The molecule has 6 nitrogen and oxygen atoms in total. The van der Waals surface area contributed by atoms with E-state index >= 15 is 0 Å². The molecule has 4 heterocycles. The maximum absolute atomic E-state index is 13.2. The minimum Gasteiger partial charge on any atom is -0.338 e. The minimum atomic E-state index is 0.0265. The van der Waals surface area contributed by atoms with Crippen LogP contribution in [-0.4, -0.2) is 49.7 Å². The van der Waals surface area contributed by atoms with Gasteiger partial charge in [0.05, 0.1) is 17.3 Å². The van der Waals surface area contributed by atoms with Crippen molar-refractivity contribution in [1.82, 2.24) is 24.2 Å². The molecule has 3 aromatic rings. The number of imidazole rings is 1. The number of aromatic nitrogens is 3. The maximum Gasteiger partial charge on any atom is 0.274 e. The van der Waals surface area contributed by atoms with Crippen molar-refractivity contribution in [3.8, 4) is 0 Å². The molecule has 1 unspecified atom stereocenters. The maximum atomic E-state index is 13.2. The fourth-order valence-corrected chi connectivity index (χ4v) is 4.28. The first kappa shape index (κ1) is 19.6. The first-order valence-electron chi connectivity index (χ1n) is 10.6.